The largest absolute Gasteiger partial charge is 0.407 e. The summed E-state index contributed by atoms with van der Waals surface area (Å²) in [5.41, 5.74) is 0. The molecule has 0 heterocycles. The summed E-state index contributed by atoms with van der Waals surface area (Å²) in [5, 5.41) is 2.66. The van der Waals surface area contributed by atoms with E-state index in [1.165, 1.54) is 10.4 Å². The molecule has 2 rings (SSSR count). The Morgan fingerprint density at radius 3 is 1.61 bits per heavy atom. The molecule has 31 heavy (non-hydrogen) atoms. The minimum atomic E-state index is -2.54. The van der Waals surface area contributed by atoms with Crippen molar-refractivity contribution < 1.29 is 8.85 Å². The summed E-state index contributed by atoms with van der Waals surface area (Å²) >= 11 is 0. The van der Waals surface area contributed by atoms with Crippen LogP contribution in [0.25, 0.3) is 0 Å². The van der Waals surface area contributed by atoms with Gasteiger partial charge in [-0.1, -0.05) is 108 Å². The Kier molecular flexibility index (Phi) is 8.16. The zero-order chi connectivity index (χ0) is 23.3. The van der Waals surface area contributed by atoms with E-state index >= 15 is 0 Å². The molecular formula is C27H40O2Si2. The van der Waals surface area contributed by atoms with Crippen molar-refractivity contribution in [3.05, 3.63) is 60.7 Å². The van der Waals surface area contributed by atoms with Crippen LogP contribution in [0.4, 0.5) is 0 Å². The molecule has 0 saturated heterocycles. The molecule has 0 fully saturated rings. The van der Waals surface area contributed by atoms with Crippen LogP contribution in [0.2, 0.25) is 23.2 Å². The van der Waals surface area contributed by atoms with Gasteiger partial charge in [-0.15, -0.1) is 6.42 Å². The molecule has 0 aliphatic carbocycles. The van der Waals surface area contributed by atoms with Gasteiger partial charge in [0.05, 0.1) is 0 Å². The quantitative estimate of drug-likeness (QED) is 0.362. The molecule has 168 valence electrons. The molecule has 2 aromatic carbocycles. The Bertz CT molecular complexity index is 817. The van der Waals surface area contributed by atoms with E-state index in [9.17, 15) is 0 Å². The van der Waals surface area contributed by atoms with Gasteiger partial charge in [0.1, 0.15) is 6.10 Å². The normalized spacial score (nSPS) is 14.2. The first-order chi connectivity index (χ1) is 14.3. The smallest absolute Gasteiger partial charge is 0.261 e. The first-order valence-electron chi connectivity index (χ1n) is 11.2. The molecule has 0 aliphatic rings. The molecule has 1 atom stereocenters. The summed E-state index contributed by atoms with van der Waals surface area (Å²) in [7, 11) is -4.47. The predicted octanol–water partition coefficient (Wildman–Crippen LogP) is 5.98. The molecule has 4 heteroatoms. The Morgan fingerprint density at radius 2 is 1.26 bits per heavy atom. The first-order valence-corrected chi connectivity index (χ1v) is 16.1. The number of hydrogen-bond donors (Lipinski definition) is 0. The maximum Gasteiger partial charge on any atom is 0.261 e. The minimum Gasteiger partial charge on any atom is -0.407 e. The van der Waals surface area contributed by atoms with Crippen LogP contribution < -0.4 is 10.4 Å². The lowest BCUT2D eigenvalue weighted by atomic mass is 10.2. The average Bonchev–Trinajstić information content (AvgIpc) is 2.69. The van der Waals surface area contributed by atoms with Gasteiger partial charge in [-0.2, -0.15) is 0 Å². The van der Waals surface area contributed by atoms with Crippen molar-refractivity contribution in [1.29, 1.82) is 0 Å². The van der Waals surface area contributed by atoms with Crippen molar-refractivity contribution in [2.45, 2.75) is 77.2 Å². The average molecular weight is 453 g/mol. The molecule has 0 aromatic heterocycles. The van der Waals surface area contributed by atoms with E-state index in [0.29, 0.717) is 13.0 Å². The minimum absolute atomic E-state index is 0.0400. The fourth-order valence-corrected chi connectivity index (χ4v) is 9.62. The third-order valence-electron chi connectivity index (χ3n) is 6.54. The Labute approximate surface area is 192 Å². The molecule has 0 saturated carbocycles. The van der Waals surface area contributed by atoms with E-state index in [2.05, 4.69) is 121 Å². The molecular weight excluding hydrogens is 412 g/mol. The van der Waals surface area contributed by atoms with Crippen LogP contribution in [0.1, 0.15) is 48.0 Å². The van der Waals surface area contributed by atoms with E-state index in [1.54, 1.807) is 0 Å². The maximum absolute atomic E-state index is 6.98. The van der Waals surface area contributed by atoms with E-state index in [-0.39, 0.29) is 16.2 Å². The van der Waals surface area contributed by atoms with Crippen LogP contribution in [0.3, 0.4) is 0 Å². The van der Waals surface area contributed by atoms with E-state index in [0.717, 1.165) is 0 Å². The highest BCUT2D eigenvalue weighted by Gasteiger charge is 2.50. The first kappa shape index (κ1) is 25.6. The SMILES string of the molecule is C#C[C@H](CCO[Si](c1ccccc1)(c1ccccc1)C(C)(C)C)O[Si](C)(C)C(C)(C)C. The van der Waals surface area contributed by atoms with Crippen LogP contribution in [0.5, 0.6) is 0 Å². The number of terminal acetylenes is 1. The van der Waals surface area contributed by atoms with Crippen LogP contribution in [0.15, 0.2) is 60.7 Å². The highest BCUT2D eigenvalue weighted by atomic mass is 28.4. The van der Waals surface area contributed by atoms with Crippen molar-refractivity contribution in [3.63, 3.8) is 0 Å². The highest BCUT2D eigenvalue weighted by molar-refractivity contribution is 6.99. The second-order valence-electron chi connectivity index (χ2n) is 10.8. The Balaban J connectivity index is 2.34. The number of benzene rings is 2. The van der Waals surface area contributed by atoms with Crippen LogP contribution >= 0.6 is 0 Å². The summed E-state index contributed by atoms with van der Waals surface area (Å²) in [5.74, 6) is 2.88. The second-order valence-corrected chi connectivity index (χ2v) is 19.9. The number of rotatable bonds is 8. The van der Waals surface area contributed by atoms with E-state index in [4.69, 9.17) is 15.3 Å². The standard InChI is InChI=1S/C27H40O2Si2/c1-10-23(29-30(8,9)26(2,3)4)21-22-28-31(27(5,6)7,24-17-13-11-14-18-24)25-19-15-12-16-20-25/h1,11-20,23H,21-22H2,2-9H3/t23-/m1/s1. The maximum atomic E-state index is 6.98. The van der Waals surface area contributed by atoms with Gasteiger partial charge >= 0.3 is 0 Å². The fraction of sp³-hybridized carbons (Fsp3) is 0.481. The molecule has 0 amide bonds. The molecule has 0 radical (unpaired) electrons. The Hall–Kier alpha value is -1.65. The summed E-state index contributed by atoms with van der Waals surface area (Å²) in [4.78, 5) is 0. The van der Waals surface area contributed by atoms with Gasteiger partial charge < -0.3 is 8.85 Å². The summed E-state index contributed by atoms with van der Waals surface area (Å²) in [6, 6.07) is 21.4. The second kappa shape index (κ2) is 9.87. The summed E-state index contributed by atoms with van der Waals surface area (Å²) < 4.78 is 13.5. The van der Waals surface area contributed by atoms with Gasteiger partial charge in [0.25, 0.3) is 8.32 Å². The lowest BCUT2D eigenvalue weighted by Gasteiger charge is -2.43. The summed E-state index contributed by atoms with van der Waals surface area (Å²) in [6.45, 7) is 18.7. The van der Waals surface area contributed by atoms with Gasteiger partial charge in [-0.25, -0.2) is 0 Å². The third kappa shape index (κ3) is 5.78. The van der Waals surface area contributed by atoms with Crippen LogP contribution in [-0.4, -0.2) is 29.3 Å². The van der Waals surface area contributed by atoms with Gasteiger partial charge in [-0.3, -0.25) is 0 Å². The van der Waals surface area contributed by atoms with Crippen LogP contribution in [0, 0.1) is 12.3 Å². The topological polar surface area (TPSA) is 18.5 Å². The molecule has 0 aliphatic heterocycles. The van der Waals surface area contributed by atoms with Gasteiger partial charge in [0.15, 0.2) is 8.32 Å². The van der Waals surface area contributed by atoms with Gasteiger partial charge in [0.2, 0.25) is 0 Å². The summed E-state index contributed by atoms with van der Waals surface area (Å²) in [6.07, 6.45) is 6.36. The van der Waals surface area contributed by atoms with Crippen LogP contribution in [-0.2, 0) is 8.85 Å². The van der Waals surface area contributed by atoms with Gasteiger partial charge in [0, 0.05) is 13.0 Å². The number of hydrogen-bond acceptors (Lipinski definition) is 2. The molecule has 2 nitrogen and oxygen atoms in total. The molecule has 0 bridgehead atoms. The molecule has 0 N–H and O–H groups in total. The fourth-order valence-electron chi connectivity index (χ4n) is 3.79. The Morgan fingerprint density at radius 1 is 0.806 bits per heavy atom. The lowest BCUT2D eigenvalue weighted by molar-refractivity contribution is 0.185. The third-order valence-corrected chi connectivity index (χ3v) is 16.1. The zero-order valence-corrected chi connectivity index (χ0v) is 22.7. The van der Waals surface area contributed by atoms with Crippen molar-refractivity contribution in [2.24, 2.45) is 0 Å². The predicted molar refractivity (Wildman–Crippen MR) is 139 cm³/mol. The molecule has 0 spiro atoms. The van der Waals surface area contributed by atoms with Crippen molar-refractivity contribution in [1.82, 2.24) is 0 Å². The zero-order valence-electron chi connectivity index (χ0n) is 20.7. The van der Waals surface area contributed by atoms with E-state index < -0.39 is 16.6 Å². The highest BCUT2D eigenvalue weighted by Crippen LogP contribution is 2.38. The van der Waals surface area contributed by atoms with Crippen molar-refractivity contribution in [2.75, 3.05) is 6.61 Å². The molecule has 0 unspecified atom stereocenters. The lowest BCUT2D eigenvalue weighted by Crippen LogP contribution is -2.66. The molecule has 2 aromatic rings. The van der Waals surface area contributed by atoms with E-state index in [1.807, 2.05) is 0 Å². The monoisotopic (exact) mass is 452 g/mol. The van der Waals surface area contributed by atoms with Crippen molar-refractivity contribution in [3.8, 4) is 12.3 Å². The van der Waals surface area contributed by atoms with Crippen molar-refractivity contribution >= 4 is 27.0 Å². The van der Waals surface area contributed by atoms with Gasteiger partial charge in [-0.05, 0) is 33.5 Å².